The number of nitrogens with one attached hydrogen (secondary N) is 1. The summed E-state index contributed by atoms with van der Waals surface area (Å²) in [6, 6.07) is 4.65. The van der Waals surface area contributed by atoms with E-state index in [4.69, 9.17) is 0 Å². The van der Waals surface area contributed by atoms with Crippen molar-refractivity contribution in [3.63, 3.8) is 0 Å². The van der Waals surface area contributed by atoms with Crippen molar-refractivity contribution in [2.24, 2.45) is 0 Å². The molecule has 0 saturated carbocycles. The van der Waals surface area contributed by atoms with E-state index in [1.165, 1.54) is 6.07 Å². The van der Waals surface area contributed by atoms with Gasteiger partial charge in [-0.25, -0.2) is 4.39 Å². The average molecular weight is 268 g/mol. The minimum atomic E-state index is -0.367. The Morgan fingerprint density at radius 3 is 2.83 bits per heavy atom. The van der Waals surface area contributed by atoms with Crippen molar-refractivity contribution in [2.75, 3.05) is 36.5 Å². The van der Waals surface area contributed by atoms with Gasteiger partial charge < -0.3 is 10.2 Å². The van der Waals surface area contributed by atoms with E-state index in [0.717, 1.165) is 24.6 Å². The molecule has 0 bridgehead atoms. The van der Waals surface area contributed by atoms with Gasteiger partial charge in [0.1, 0.15) is 5.82 Å². The van der Waals surface area contributed by atoms with Crippen LogP contribution in [0.15, 0.2) is 18.2 Å². The number of para-hydroxylation sites is 1. The second kappa shape index (κ2) is 6.09. The van der Waals surface area contributed by atoms with Crippen LogP contribution in [-0.2, 0) is 0 Å². The van der Waals surface area contributed by atoms with Gasteiger partial charge in [-0.1, -0.05) is 6.07 Å². The highest BCUT2D eigenvalue weighted by atomic mass is 32.2. The standard InChI is InChI=1S/C13H17FN2OS/c1-2-15-12-10(4-3-5-11(12)14)13(17)16-6-8-18-9-7-16/h3-5,15H,2,6-9H2,1H3. The maximum Gasteiger partial charge on any atom is 0.256 e. The number of carbonyl (C=O) groups is 1. The molecule has 1 aliphatic rings. The third-order valence-electron chi connectivity index (χ3n) is 2.90. The average Bonchev–Trinajstić information content (AvgIpc) is 2.41. The van der Waals surface area contributed by atoms with Crippen molar-refractivity contribution >= 4 is 23.4 Å². The first-order chi connectivity index (χ1) is 8.74. The van der Waals surface area contributed by atoms with E-state index < -0.39 is 0 Å². The maximum absolute atomic E-state index is 13.7. The molecule has 1 aliphatic heterocycles. The Morgan fingerprint density at radius 1 is 1.44 bits per heavy atom. The number of benzene rings is 1. The summed E-state index contributed by atoms with van der Waals surface area (Å²) in [5.41, 5.74) is 0.756. The molecule has 18 heavy (non-hydrogen) atoms. The lowest BCUT2D eigenvalue weighted by Crippen LogP contribution is -2.38. The van der Waals surface area contributed by atoms with Gasteiger partial charge in [0.25, 0.3) is 5.91 Å². The molecule has 5 heteroatoms. The van der Waals surface area contributed by atoms with Crippen molar-refractivity contribution in [1.29, 1.82) is 0 Å². The van der Waals surface area contributed by atoms with Crippen LogP contribution >= 0.6 is 11.8 Å². The molecule has 1 fully saturated rings. The summed E-state index contributed by atoms with van der Waals surface area (Å²) in [7, 11) is 0. The van der Waals surface area contributed by atoms with Crippen LogP contribution < -0.4 is 5.32 Å². The predicted octanol–water partition coefficient (Wildman–Crippen LogP) is 2.45. The minimum absolute atomic E-state index is 0.0780. The topological polar surface area (TPSA) is 32.3 Å². The summed E-state index contributed by atoms with van der Waals surface area (Å²) in [6.45, 7) is 3.96. The molecule has 0 atom stereocenters. The molecule has 1 saturated heterocycles. The Kier molecular flexibility index (Phi) is 4.47. The minimum Gasteiger partial charge on any atom is -0.382 e. The van der Waals surface area contributed by atoms with Crippen LogP contribution in [-0.4, -0.2) is 41.9 Å². The second-order valence-corrected chi connectivity index (χ2v) is 5.32. The van der Waals surface area contributed by atoms with Crippen molar-refractivity contribution in [1.82, 2.24) is 4.90 Å². The van der Waals surface area contributed by atoms with Crippen molar-refractivity contribution in [3.05, 3.63) is 29.6 Å². The monoisotopic (exact) mass is 268 g/mol. The fraction of sp³-hybridized carbons (Fsp3) is 0.462. The van der Waals surface area contributed by atoms with Crippen LogP contribution in [0.25, 0.3) is 0 Å². The van der Waals surface area contributed by atoms with Gasteiger partial charge in [0.05, 0.1) is 11.3 Å². The van der Waals surface area contributed by atoms with E-state index in [9.17, 15) is 9.18 Å². The molecule has 1 aromatic rings. The number of thioether (sulfide) groups is 1. The van der Waals surface area contributed by atoms with Crippen LogP contribution in [0.5, 0.6) is 0 Å². The molecule has 2 rings (SSSR count). The number of hydrogen-bond donors (Lipinski definition) is 1. The van der Waals surface area contributed by atoms with Crippen LogP contribution in [0.1, 0.15) is 17.3 Å². The molecule has 1 amide bonds. The summed E-state index contributed by atoms with van der Waals surface area (Å²) in [6.07, 6.45) is 0. The smallest absolute Gasteiger partial charge is 0.256 e. The van der Waals surface area contributed by atoms with E-state index in [1.807, 2.05) is 18.7 Å². The molecule has 0 aromatic heterocycles. The Hall–Kier alpha value is -1.23. The Balaban J connectivity index is 2.25. The molecule has 1 aromatic carbocycles. The third kappa shape index (κ3) is 2.77. The molecule has 0 unspecified atom stereocenters. The van der Waals surface area contributed by atoms with Gasteiger partial charge in [0, 0.05) is 31.1 Å². The van der Waals surface area contributed by atoms with E-state index in [-0.39, 0.29) is 11.7 Å². The number of carbonyl (C=O) groups excluding carboxylic acids is 1. The second-order valence-electron chi connectivity index (χ2n) is 4.10. The lowest BCUT2D eigenvalue weighted by molar-refractivity contribution is 0.0773. The van der Waals surface area contributed by atoms with Crippen LogP contribution in [0, 0.1) is 5.82 Å². The van der Waals surface area contributed by atoms with Crippen molar-refractivity contribution in [3.8, 4) is 0 Å². The third-order valence-corrected chi connectivity index (χ3v) is 3.84. The van der Waals surface area contributed by atoms with E-state index in [0.29, 0.717) is 17.8 Å². The molecule has 0 spiro atoms. The summed E-state index contributed by atoms with van der Waals surface area (Å²) in [4.78, 5) is 14.2. The largest absolute Gasteiger partial charge is 0.382 e. The van der Waals surface area contributed by atoms with Crippen LogP contribution in [0.4, 0.5) is 10.1 Å². The number of anilines is 1. The van der Waals surface area contributed by atoms with Crippen LogP contribution in [0.3, 0.4) is 0 Å². The van der Waals surface area contributed by atoms with Crippen LogP contribution in [0.2, 0.25) is 0 Å². The quantitative estimate of drug-likeness (QED) is 0.914. The zero-order valence-corrected chi connectivity index (χ0v) is 11.2. The number of halogens is 1. The lowest BCUT2D eigenvalue weighted by Gasteiger charge is -2.27. The molecule has 3 nitrogen and oxygen atoms in total. The number of nitrogens with zero attached hydrogens (tertiary/aromatic N) is 1. The maximum atomic E-state index is 13.7. The van der Waals surface area contributed by atoms with Crippen molar-refractivity contribution < 1.29 is 9.18 Å². The number of rotatable bonds is 3. The zero-order valence-electron chi connectivity index (χ0n) is 10.4. The first-order valence-electron chi connectivity index (χ1n) is 6.13. The van der Waals surface area contributed by atoms with E-state index >= 15 is 0 Å². The normalized spacial score (nSPS) is 15.6. The Labute approximate surface area is 111 Å². The highest BCUT2D eigenvalue weighted by Gasteiger charge is 2.22. The first kappa shape index (κ1) is 13.2. The highest BCUT2D eigenvalue weighted by molar-refractivity contribution is 7.99. The zero-order chi connectivity index (χ0) is 13.0. The van der Waals surface area contributed by atoms with Gasteiger partial charge >= 0.3 is 0 Å². The van der Waals surface area contributed by atoms with Gasteiger partial charge in [-0.2, -0.15) is 11.8 Å². The Bertz CT molecular complexity index is 433. The number of amides is 1. The first-order valence-corrected chi connectivity index (χ1v) is 7.29. The molecule has 98 valence electrons. The van der Waals surface area contributed by atoms with Gasteiger partial charge in [-0.3, -0.25) is 4.79 Å². The van der Waals surface area contributed by atoms with Gasteiger partial charge in [0.2, 0.25) is 0 Å². The molecular formula is C13H17FN2OS. The fourth-order valence-electron chi connectivity index (χ4n) is 2.00. The SMILES string of the molecule is CCNc1c(F)cccc1C(=O)N1CCSCC1. The van der Waals surface area contributed by atoms with E-state index in [1.54, 1.807) is 17.0 Å². The highest BCUT2D eigenvalue weighted by Crippen LogP contribution is 2.22. The van der Waals surface area contributed by atoms with Gasteiger partial charge in [0.15, 0.2) is 0 Å². The molecular weight excluding hydrogens is 251 g/mol. The van der Waals surface area contributed by atoms with Gasteiger partial charge in [-0.15, -0.1) is 0 Å². The predicted molar refractivity (Wildman–Crippen MR) is 73.8 cm³/mol. The number of hydrogen-bond acceptors (Lipinski definition) is 3. The molecule has 0 aliphatic carbocycles. The summed E-state index contributed by atoms with van der Waals surface area (Å²) >= 11 is 1.85. The molecule has 1 heterocycles. The lowest BCUT2D eigenvalue weighted by atomic mass is 10.1. The van der Waals surface area contributed by atoms with E-state index in [2.05, 4.69) is 5.32 Å². The summed E-state index contributed by atoms with van der Waals surface area (Å²) in [5.74, 6) is 1.47. The summed E-state index contributed by atoms with van der Waals surface area (Å²) < 4.78 is 13.7. The molecule has 1 N–H and O–H groups in total. The van der Waals surface area contributed by atoms with Gasteiger partial charge in [-0.05, 0) is 19.1 Å². The molecule has 0 radical (unpaired) electrons. The summed E-state index contributed by atoms with van der Waals surface area (Å²) in [5, 5.41) is 2.94. The Morgan fingerprint density at radius 2 is 2.17 bits per heavy atom. The fourth-order valence-corrected chi connectivity index (χ4v) is 2.90. The van der Waals surface area contributed by atoms with Crippen molar-refractivity contribution in [2.45, 2.75) is 6.92 Å².